The molecule has 0 heterocycles. The second-order valence-corrected chi connectivity index (χ2v) is 3.62. The van der Waals surface area contributed by atoms with Gasteiger partial charge in [0, 0.05) is 17.8 Å². The summed E-state index contributed by atoms with van der Waals surface area (Å²) in [4.78, 5) is 0. The van der Waals surface area contributed by atoms with Crippen LogP contribution in [0.15, 0.2) is 24.3 Å². The molecule has 0 saturated heterocycles. The van der Waals surface area contributed by atoms with E-state index in [2.05, 4.69) is 4.72 Å². The van der Waals surface area contributed by atoms with Crippen LogP contribution >= 0.6 is 0 Å². The Labute approximate surface area is 80.6 Å². The van der Waals surface area contributed by atoms with Gasteiger partial charge in [-0.2, -0.15) is 0 Å². The van der Waals surface area contributed by atoms with Crippen molar-refractivity contribution < 1.29 is 8.76 Å². The molecule has 13 heavy (non-hydrogen) atoms. The molecule has 0 aliphatic carbocycles. The van der Waals surface area contributed by atoms with Crippen LogP contribution in [-0.2, 0) is 17.7 Å². The molecule has 0 aliphatic rings. The minimum atomic E-state index is -2.14. The summed E-state index contributed by atoms with van der Waals surface area (Å²) >= 11 is -2.14. The molecular weight excluding hydrogens is 186 g/mol. The third-order valence-corrected chi connectivity index (χ3v) is 2.19. The Balaban J connectivity index is 2.37. The van der Waals surface area contributed by atoms with Gasteiger partial charge in [-0.1, -0.05) is 29.8 Å². The molecule has 3 nitrogen and oxygen atoms in total. The zero-order valence-corrected chi connectivity index (χ0v) is 8.26. The lowest BCUT2D eigenvalue weighted by Gasteiger charge is -2.06. The highest BCUT2D eigenvalue weighted by atomic mass is 32.2. The number of hydrogen-bond donors (Lipinski definition) is 1. The van der Waals surface area contributed by atoms with E-state index < -0.39 is 11.3 Å². The molecule has 0 radical (unpaired) electrons. The van der Waals surface area contributed by atoms with Crippen molar-refractivity contribution in [1.82, 2.24) is 4.72 Å². The summed E-state index contributed by atoms with van der Waals surface area (Å²) < 4.78 is 22.6. The van der Waals surface area contributed by atoms with Gasteiger partial charge in [-0.15, -0.1) is 0 Å². The monoisotopic (exact) mass is 198 g/mol. The summed E-state index contributed by atoms with van der Waals surface area (Å²) in [5.74, 6) is 0. The SMILES string of the molecule is Cc1ccc(CCNS(=O)[O-])cc1. The van der Waals surface area contributed by atoms with Crippen molar-refractivity contribution in [2.75, 3.05) is 6.54 Å². The van der Waals surface area contributed by atoms with E-state index in [-0.39, 0.29) is 0 Å². The maximum Gasteiger partial charge on any atom is 0.0181 e. The Kier molecular flexibility index (Phi) is 4.08. The highest BCUT2D eigenvalue weighted by molar-refractivity contribution is 7.77. The van der Waals surface area contributed by atoms with Gasteiger partial charge < -0.3 is 4.55 Å². The largest absolute Gasteiger partial charge is 0.760 e. The minimum Gasteiger partial charge on any atom is -0.760 e. The van der Waals surface area contributed by atoms with Crippen molar-refractivity contribution in [1.29, 1.82) is 0 Å². The molecule has 1 rings (SSSR count). The molecule has 1 atom stereocenters. The molecule has 1 N–H and O–H groups in total. The Bertz CT molecular complexity index is 284. The summed E-state index contributed by atoms with van der Waals surface area (Å²) in [5, 5.41) is 0. The Hall–Kier alpha value is -0.710. The van der Waals surface area contributed by atoms with Crippen molar-refractivity contribution in [2.45, 2.75) is 13.3 Å². The molecule has 72 valence electrons. The minimum absolute atomic E-state index is 0.458. The number of benzene rings is 1. The number of aryl methyl sites for hydroxylation is 1. The fraction of sp³-hybridized carbons (Fsp3) is 0.333. The van der Waals surface area contributed by atoms with Crippen LogP contribution in [-0.4, -0.2) is 15.3 Å². The standard InChI is InChI=1S/C9H13NO2S/c1-8-2-4-9(5-3-8)6-7-10-13(11)12/h2-5,10H,6-7H2,1H3,(H,11,12)/p-1. The van der Waals surface area contributed by atoms with E-state index in [0.29, 0.717) is 6.54 Å². The molecule has 4 heteroatoms. The van der Waals surface area contributed by atoms with Gasteiger partial charge in [-0.05, 0) is 18.9 Å². The summed E-state index contributed by atoms with van der Waals surface area (Å²) in [6.45, 7) is 2.48. The predicted octanol–water partition coefficient (Wildman–Crippen LogP) is 0.921. The maximum absolute atomic E-state index is 10.1. The smallest absolute Gasteiger partial charge is 0.0181 e. The average molecular weight is 198 g/mol. The van der Waals surface area contributed by atoms with Crippen LogP contribution in [0.1, 0.15) is 11.1 Å². The first-order valence-electron chi connectivity index (χ1n) is 4.07. The Morgan fingerprint density at radius 1 is 1.38 bits per heavy atom. The van der Waals surface area contributed by atoms with Gasteiger partial charge in [0.15, 0.2) is 0 Å². The normalized spacial score (nSPS) is 12.8. The van der Waals surface area contributed by atoms with E-state index in [1.807, 2.05) is 31.2 Å². The second-order valence-electron chi connectivity index (χ2n) is 2.86. The van der Waals surface area contributed by atoms with Crippen molar-refractivity contribution in [3.05, 3.63) is 35.4 Å². The highest BCUT2D eigenvalue weighted by Gasteiger charge is 1.91. The van der Waals surface area contributed by atoms with Gasteiger partial charge in [0.1, 0.15) is 0 Å². The van der Waals surface area contributed by atoms with Crippen LogP contribution in [0.3, 0.4) is 0 Å². The first-order valence-corrected chi connectivity index (χ1v) is 5.14. The summed E-state index contributed by atoms with van der Waals surface area (Å²) in [6, 6.07) is 8.04. The van der Waals surface area contributed by atoms with Crippen LogP contribution in [0.25, 0.3) is 0 Å². The van der Waals surface area contributed by atoms with E-state index in [0.717, 1.165) is 12.0 Å². The molecule has 0 bridgehead atoms. The lowest BCUT2D eigenvalue weighted by atomic mass is 10.1. The lowest BCUT2D eigenvalue weighted by Crippen LogP contribution is -2.19. The molecule has 0 aromatic heterocycles. The third-order valence-electron chi connectivity index (χ3n) is 1.75. The van der Waals surface area contributed by atoms with Gasteiger partial charge >= 0.3 is 0 Å². The molecule has 1 aromatic carbocycles. The van der Waals surface area contributed by atoms with E-state index in [1.165, 1.54) is 5.56 Å². The molecule has 1 aromatic rings. The average Bonchev–Trinajstić information content (AvgIpc) is 2.08. The van der Waals surface area contributed by atoms with Crippen LogP contribution in [0.5, 0.6) is 0 Å². The Morgan fingerprint density at radius 2 is 2.00 bits per heavy atom. The fourth-order valence-electron chi connectivity index (χ4n) is 1.03. The topological polar surface area (TPSA) is 52.2 Å². The zero-order chi connectivity index (χ0) is 9.68. The van der Waals surface area contributed by atoms with Crippen molar-refractivity contribution in [2.24, 2.45) is 0 Å². The van der Waals surface area contributed by atoms with E-state index in [1.54, 1.807) is 0 Å². The molecule has 0 spiro atoms. The molecule has 1 unspecified atom stereocenters. The highest BCUT2D eigenvalue weighted by Crippen LogP contribution is 2.02. The molecule has 0 saturated carbocycles. The maximum atomic E-state index is 10.1. The first kappa shape index (κ1) is 10.4. The van der Waals surface area contributed by atoms with Gasteiger partial charge in [0.05, 0.1) is 0 Å². The van der Waals surface area contributed by atoms with E-state index in [9.17, 15) is 8.76 Å². The van der Waals surface area contributed by atoms with Crippen molar-refractivity contribution in [3.63, 3.8) is 0 Å². The van der Waals surface area contributed by atoms with Gasteiger partial charge in [0.2, 0.25) is 0 Å². The van der Waals surface area contributed by atoms with Crippen molar-refractivity contribution >= 4 is 11.3 Å². The van der Waals surface area contributed by atoms with Gasteiger partial charge in [-0.3, -0.25) is 4.21 Å². The Morgan fingerprint density at radius 3 is 2.54 bits per heavy atom. The summed E-state index contributed by atoms with van der Waals surface area (Å²) in [6.07, 6.45) is 0.730. The quantitative estimate of drug-likeness (QED) is 0.731. The molecule has 0 fully saturated rings. The summed E-state index contributed by atoms with van der Waals surface area (Å²) in [5.41, 5.74) is 2.35. The second kappa shape index (κ2) is 5.11. The molecule has 0 amide bonds. The van der Waals surface area contributed by atoms with Crippen LogP contribution < -0.4 is 4.72 Å². The van der Waals surface area contributed by atoms with E-state index in [4.69, 9.17) is 0 Å². The van der Waals surface area contributed by atoms with Crippen LogP contribution in [0.4, 0.5) is 0 Å². The van der Waals surface area contributed by atoms with Crippen LogP contribution in [0, 0.1) is 6.92 Å². The molecular formula is C9H12NO2S-. The van der Waals surface area contributed by atoms with Gasteiger partial charge in [0.25, 0.3) is 0 Å². The first-order chi connectivity index (χ1) is 6.18. The zero-order valence-electron chi connectivity index (χ0n) is 7.45. The predicted molar refractivity (Wildman–Crippen MR) is 51.8 cm³/mol. The third kappa shape index (κ3) is 4.17. The number of hydrogen-bond acceptors (Lipinski definition) is 2. The van der Waals surface area contributed by atoms with Crippen LogP contribution in [0.2, 0.25) is 0 Å². The number of rotatable bonds is 4. The summed E-state index contributed by atoms with van der Waals surface area (Å²) in [7, 11) is 0. The number of nitrogens with one attached hydrogen (secondary N) is 1. The van der Waals surface area contributed by atoms with E-state index >= 15 is 0 Å². The lowest BCUT2D eigenvalue weighted by molar-refractivity contribution is 0.523. The van der Waals surface area contributed by atoms with Gasteiger partial charge in [-0.25, -0.2) is 4.72 Å². The van der Waals surface area contributed by atoms with Crippen molar-refractivity contribution in [3.8, 4) is 0 Å². The molecule has 0 aliphatic heterocycles. The fourth-order valence-corrected chi connectivity index (χ4v) is 1.30.